The topological polar surface area (TPSA) is 9.23 Å². The van der Waals surface area contributed by atoms with Crippen LogP contribution in [0.25, 0.3) is 0 Å². The van der Waals surface area contributed by atoms with Gasteiger partial charge in [0.15, 0.2) is 0 Å². The van der Waals surface area contributed by atoms with E-state index in [1.807, 2.05) is 18.2 Å². The van der Waals surface area contributed by atoms with Crippen LogP contribution in [0.2, 0.25) is 0 Å². The van der Waals surface area contributed by atoms with Crippen LogP contribution >= 0.6 is 38.5 Å². The van der Waals surface area contributed by atoms with E-state index < -0.39 is 0 Å². The number of hydrogen-bond acceptors (Lipinski definition) is 1. The Balaban J connectivity index is 3.17. The van der Waals surface area contributed by atoms with Gasteiger partial charge in [0.2, 0.25) is 0 Å². The van der Waals surface area contributed by atoms with E-state index in [2.05, 4.69) is 38.5 Å². The highest BCUT2D eigenvalue weighted by molar-refractivity contribution is 14.1. The molecule has 1 aromatic carbocycles. The second-order valence-corrected chi connectivity index (χ2v) is 3.77. The molecule has 0 atom stereocenters. The van der Waals surface area contributed by atoms with Crippen LogP contribution in [-0.4, -0.2) is 7.11 Å². The molecule has 0 N–H and O–H groups in total. The quantitative estimate of drug-likeness (QED) is 0.724. The summed E-state index contributed by atoms with van der Waals surface area (Å²) in [6.07, 6.45) is 0. The number of benzene rings is 1. The monoisotopic (exact) mass is 312 g/mol. The first kappa shape index (κ1) is 8.33. The van der Waals surface area contributed by atoms with E-state index in [-0.39, 0.29) is 0 Å². The molecular formula is C7H6BrIO. The normalized spacial score (nSPS) is 9.50. The Bertz CT molecular complexity index is 217. The SMILES string of the molecule is COc1c(Br)cccc1I. The molecule has 0 spiro atoms. The van der Waals surface area contributed by atoms with Crippen molar-refractivity contribution in [2.45, 2.75) is 0 Å². The fourth-order valence-electron chi connectivity index (χ4n) is 0.678. The van der Waals surface area contributed by atoms with Crippen LogP contribution in [0.1, 0.15) is 0 Å². The maximum absolute atomic E-state index is 5.12. The third-order valence-corrected chi connectivity index (χ3v) is 2.60. The number of para-hydroxylation sites is 1. The van der Waals surface area contributed by atoms with Crippen LogP contribution in [0.5, 0.6) is 5.75 Å². The van der Waals surface area contributed by atoms with Crippen molar-refractivity contribution in [2.24, 2.45) is 0 Å². The Morgan fingerprint density at radius 1 is 1.50 bits per heavy atom. The molecule has 0 aromatic heterocycles. The minimum absolute atomic E-state index is 0.906. The van der Waals surface area contributed by atoms with Gasteiger partial charge in [0.05, 0.1) is 15.2 Å². The van der Waals surface area contributed by atoms with Crippen LogP contribution in [0, 0.1) is 3.57 Å². The van der Waals surface area contributed by atoms with Gasteiger partial charge in [-0.25, -0.2) is 0 Å². The second-order valence-electron chi connectivity index (χ2n) is 1.75. The Kier molecular flexibility index (Phi) is 2.97. The van der Waals surface area contributed by atoms with Crippen LogP contribution in [0.15, 0.2) is 22.7 Å². The summed E-state index contributed by atoms with van der Waals surface area (Å²) in [6.45, 7) is 0. The molecule has 0 fully saturated rings. The molecule has 3 heteroatoms. The van der Waals surface area contributed by atoms with Crippen molar-refractivity contribution in [3.63, 3.8) is 0 Å². The van der Waals surface area contributed by atoms with Crippen molar-refractivity contribution >= 4 is 38.5 Å². The Morgan fingerprint density at radius 3 is 2.60 bits per heavy atom. The summed E-state index contributed by atoms with van der Waals surface area (Å²) in [5, 5.41) is 0. The maximum Gasteiger partial charge on any atom is 0.146 e. The fraction of sp³-hybridized carbons (Fsp3) is 0.143. The van der Waals surface area contributed by atoms with E-state index in [1.54, 1.807) is 7.11 Å². The molecule has 0 heterocycles. The van der Waals surface area contributed by atoms with Gasteiger partial charge in [0.1, 0.15) is 5.75 Å². The molecule has 0 aliphatic carbocycles. The zero-order chi connectivity index (χ0) is 7.56. The number of methoxy groups -OCH3 is 1. The molecule has 0 radical (unpaired) electrons. The van der Waals surface area contributed by atoms with Crippen molar-refractivity contribution in [3.05, 3.63) is 26.2 Å². The van der Waals surface area contributed by atoms with Gasteiger partial charge < -0.3 is 4.74 Å². The Morgan fingerprint density at radius 2 is 2.20 bits per heavy atom. The molecule has 0 aliphatic rings. The summed E-state index contributed by atoms with van der Waals surface area (Å²) < 4.78 is 7.24. The lowest BCUT2D eigenvalue weighted by atomic mass is 10.3. The van der Waals surface area contributed by atoms with E-state index in [1.165, 1.54) is 0 Å². The summed E-state index contributed by atoms with van der Waals surface area (Å²) in [6, 6.07) is 5.94. The van der Waals surface area contributed by atoms with Crippen molar-refractivity contribution in [1.82, 2.24) is 0 Å². The number of hydrogen-bond donors (Lipinski definition) is 0. The molecule has 0 saturated heterocycles. The van der Waals surface area contributed by atoms with Crippen LogP contribution in [0.3, 0.4) is 0 Å². The van der Waals surface area contributed by atoms with E-state index in [0.717, 1.165) is 13.8 Å². The molecule has 54 valence electrons. The first-order valence-corrected chi connectivity index (χ1v) is 4.61. The largest absolute Gasteiger partial charge is 0.494 e. The summed E-state index contributed by atoms with van der Waals surface area (Å²) in [5.74, 6) is 0.906. The average molecular weight is 313 g/mol. The summed E-state index contributed by atoms with van der Waals surface area (Å²) in [7, 11) is 1.67. The van der Waals surface area contributed by atoms with Gasteiger partial charge >= 0.3 is 0 Å². The standard InChI is InChI=1S/C7H6BrIO/c1-10-7-5(8)3-2-4-6(7)9/h2-4H,1H3. The number of rotatable bonds is 1. The molecular weight excluding hydrogens is 307 g/mol. The lowest BCUT2D eigenvalue weighted by Gasteiger charge is -2.03. The Hall–Kier alpha value is 0.230. The maximum atomic E-state index is 5.12. The van der Waals surface area contributed by atoms with Gasteiger partial charge in [0.25, 0.3) is 0 Å². The molecule has 0 bridgehead atoms. The molecule has 10 heavy (non-hydrogen) atoms. The van der Waals surface area contributed by atoms with Gasteiger partial charge in [-0.05, 0) is 50.7 Å². The highest BCUT2D eigenvalue weighted by atomic mass is 127. The molecule has 1 nitrogen and oxygen atoms in total. The molecule has 0 unspecified atom stereocenters. The van der Waals surface area contributed by atoms with Gasteiger partial charge in [-0.2, -0.15) is 0 Å². The van der Waals surface area contributed by atoms with E-state index in [4.69, 9.17) is 4.74 Å². The van der Waals surface area contributed by atoms with Crippen molar-refractivity contribution < 1.29 is 4.74 Å². The number of halogens is 2. The summed E-state index contributed by atoms with van der Waals surface area (Å²) in [5.41, 5.74) is 0. The van der Waals surface area contributed by atoms with Crippen LogP contribution in [-0.2, 0) is 0 Å². The van der Waals surface area contributed by atoms with Gasteiger partial charge in [-0.1, -0.05) is 6.07 Å². The van der Waals surface area contributed by atoms with Crippen molar-refractivity contribution in [2.75, 3.05) is 7.11 Å². The predicted molar refractivity (Wildman–Crippen MR) is 53.4 cm³/mol. The third kappa shape index (κ3) is 1.63. The molecule has 1 aromatic rings. The smallest absolute Gasteiger partial charge is 0.146 e. The zero-order valence-corrected chi connectivity index (χ0v) is 9.14. The lowest BCUT2D eigenvalue weighted by molar-refractivity contribution is 0.409. The van der Waals surface area contributed by atoms with Gasteiger partial charge in [-0.3, -0.25) is 0 Å². The summed E-state index contributed by atoms with van der Waals surface area (Å²) >= 11 is 5.61. The number of ether oxygens (including phenoxy) is 1. The first-order valence-electron chi connectivity index (χ1n) is 2.73. The molecule has 0 aliphatic heterocycles. The Labute approximate surface area is 82.0 Å². The second kappa shape index (κ2) is 3.57. The van der Waals surface area contributed by atoms with Gasteiger partial charge in [-0.15, -0.1) is 0 Å². The highest BCUT2D eigenvalue weighted by Crippen LogP contribution is 2.29. The minimum atomic E-state index is 0.906. The van der Waals surface area contributed by atoms with Gasteiger partial charge in [0, 0.05) is 0 Å². The minimum Gasteiger partial charge on any atom is -0.494 e. The van der Waals surface area contributed by atoms with Crippen LogP contribution < -0.4 is 4.74 Å². The van der Waals surface area contributed by atoms with Crippen molar-refractivity contribution in [3.8, 4) is 5.75 Å². The predicted octanol–water partition coefficient (Wildman–Crippen LogP) is 3.06. The molecule has 0 amide bonds. The van der Waals surface area contributed by atoms with E-state index >= 15 is 0 Å². The summed E-state index contributed by atoms with van der Waals surface area (Å²) in [4.78, 5) is 0. The third-order valence-electron chi connectivity index (χ3n) is 1.12. The lowest BCUT2D eigenvalue weighted by Crippen LogP contribution is -1.86. The van der Waals surface area contributed by atoms with Crippen molar-refractivity contribution in [1.29, 1.82) is 0 Å². The van der Waals surface area contributed by atoms with Crippen LogP contribution in [0.4, 0.5) is 0 Å². The molecule has 1 rings (SSSR count). The van der Waals surface area contributed by atoms with E-state index in [0.29, 0.717) is 0 Å². The average Bonchev–Trinajstić information content (AvgIpc) is 1.88. The highest BCUT2D eigenvalue weighted by Gasteiger charge is 2.01. The fourth-order valence-corrected chi connectivity index (χ4v) is 2.29. The zero-order valence-electron chi connectivity index (χ0n) is 5.40. The molecule has 0 saturated carbocycles. The van der Waals surface area contributed by atoms with E-state index in [9.17, 15) is 0 Å². The first-order chi connectivity index (χ1) is 4.75.